The van der Waals surface area contributed by atoms with E-state index in [0.29, 0.717) is 6.61 Å². The van der Waals surface area contributed by atoms with Gasteiger partial charge in [-0.05, 0) is 22.5 Å². The normalized spacial score (nSPS) is 11.3. The molecule has 1 heterocycles. The van der Waals surface area contributed by atoms with Crippen LogP contribution in [0.5, 0.6) is 0 Å². The first-order chi connectivity index (χ1) is 13.2. The van der Waals surface area contributed by atoms with E-state index < -0.39 is 8.32 Å². The summed E-state index contributed by atoms with van der Waals surface area (Å²) in [5, 5.41) is 7.13. The number of aromatic nitrogens is 2. The molecule has 0 fully saturated rings. The second kappa shape index (κ2) is 8.85. The molecule has 0 aliphatic rings. The third kappa shape index (κ3) is 4.21. The molecule has 0 aliphatic carbocycles. The van der Waals surface area contributed by atoms with Gasteiger partial charge in [0.2, 0.25) is 0 Å². The van der Waals surface area contributed by atoms with E-state index in [2.05, 4.69) is 78.6 Å². The number of aryl methyl sites for hydroxylation is 1. The largest absolute Gasteiger partial charge is 0.402 e. The Balaban J connectivity index is 2.01. The van der Waals surface area contributed by atoms with Gasteiger partial charge in [0.05, 0.1) is 12.3 Å². The maximum atomic E-state index is 6.80. The first kappa shape index (κ1) is 19.2. The Morgan fingerprint density at radius 1 is 1.04 bits per heavy atom. The maximum absolute atomic E-state index is 6.80. The van der Waals surface area contributed by atoms with E-state index in [1.54, 1.807) is 4.68 Å². The SMILES string of the molecule is C#Cc1cc(CO[Si](CCCC)(c2ccccc2)c2ccccc2)nn1C. The predicted octanol–water partition coefficient (Wildman–Crippen LogP) is 3.48. The Morgan fingerprint density at radius 2 is 1.63 bits per heavy atom. The van der Waals surface area contributed by atoms with Crippen molar-refractivity contribution in [2.24, 2.45) is 7.05 Å². The number of unbranched alkanes of at least 4 members (excludes halogenated alkanes) is 1. The van der Waals surface area contributed by atoms with Crippen molar-refractivity contribution >= 4 is 18.7 Å². The van der Waals surface area contributed by atoms with Crippen molar-refractivity contribution in [1.82, 2.24) is 9.78 Å². The van der Waals surface area contributed by atoms with E-state index in [9.17, 15) is 0 Å². The molecule has 0 saturated carbocycles. The van der Waals surface area contributed by atoms with Gasteiger partial charge in [-0.2, -0.15) is 5.10 Å². The molecule has 0 spiro atoms. The van der Waals surface area contributed by atoms with Gasteiger partial charge >= 0.3 is 0 Å². The van der Waals surface area contributed by atoms with Crippen LogP contribution in [-0.4, -0.2) is 18.1 Å². The van der Waals surface area contributed by atoms with E-state index in [1.807, 2.05) is 13.1 Å². The Bertz CT molecular complexity index is 858. The molecule has 0 N–H and O–H groups in total. The average Bonchev–Trinajstić information content (AvgIpc) is 3.09. The Kier molecular flexibility index (Phi) is 6.28. The molecule has 0 unspecified atom stereocenters. The lowest BCUT2D eigenvalue weighted by Gasteiger charge is -2.32. The Morgan fingerprint density at radius 3 is 2.11 bits per heavy atom. The topological polar surface area (TPSA) is 27.1 Å². The van der Waals surface area contributed by atoms with E-state index >= 15 is 0 Å². The van der Waals surface area contributed by atoms with Crippen molar-refractivity contribution in [2.45, 2.75) is 32.4 Å². The zero-order valence-electron chi connectivity index (χ0n) is 16.1. The van der Waals surface area contributed by atoms with E-state index in [1.165, 1.54) is 10.4 Å². The summed E-state index contributed by atoms with van der Waals surface area (Å²) < 4.78 is 8.53. The number of hydrogen-bond donors (Lipinski definition) is 0. The highest BCUT2D eigenvalue weighted by Gasteiger charge is 2.39. The minimum Gasteiger partial charge on any atom is -0.402 e. The summed E-state index contributed by atoms with van der Waals surface area (Å²) in [7, 11) is -0.501. The van der Waals surface area contributed by atoms with Crippen LogP contribution < -0.4 is 10.4 Å². The summed E-state index contributed by atoms with van der Waals surface area (Å²) in [6.45, 7) is 2.70. The highest BCUT2D eigenvalue weighted by molar-refractivity contribution is 6.97. The molecule has 0 bridgehead atoms. The number of nitrogens with zero attached hydrogens (tertiary/aromatic N) is 2. The zero-order valence-corrected chi connectivity index (χ0v) is 17.1. The molecule has 4 heteroatoms. The molecule has 27 heavy (non-hydrogen) atoms. The summed E-state index contributed by atoms with van der Waals surface area (Å²) in [6, 6.07) is 24.4. The minimum atomic E-state index is -2.37. The van der Waals surface area contributed by atoms with Gasteiger partial charge in [-0.1, -0.05) is 86.3 Å². The van der Waals surface area contributed by atoms with Crippen LogP contribution in [0.15, 0.2) is 66.7 Å². The zero-order chi connectivity index (χ0) is 19.1. The van der Waals surface area contributed by atoms with Gasteiger partial charge in [0, 0.05) is 7.05 Å². The first-order valence-corrected chi connectivity index (χ1v) is 11.6. The first-order valence-electron chi connectivity index (χ1n) is 9.44. The maximum Gasteiger partial charge on any atom is 0.256 e. The second-order valence-electron chi connectivity index (χ2n) is 6.74. The number of rotatable bonds is 8. The lowest BCUT2D eigenvalue weighted by atomic mass is 10.4. The summed E-state index contributed by atoms with van der Waals surface area (Å²) in [4.78, 5) is 0. The number of terminal acetylenes is 1. The number of hydrogen-bond acceptors (Lipinski definition) is 2. The summed E-state index contributed by atoms with van der Waals surface area (Å²) in [5.41, 5.74) is 1.65. The van der Waals surface area contributed by atoms with Gasteiger partial charge < -0.3 is 4.43 Å². The standard InChI is InChI=1S/C23H26N2OSi/c1-4-6-17-27(22-13-9-7-10-14-22,23-15-11-8-12-16-23)26-19-20-18-21(5-2)25(3)24-20/h2,7-16,18H,4,6,17,19H2,1,3H3. The summed E-state index contributed by atoms with van der Waals surface area (Å²) >= 11 is 0. The minimum absolute atomic E-state index is 0.468. The van der Waals surface area contributed by atoms with Crippen LogP contribution >= 0.6 is 0 Å². The van der Waals surface area contributed by atoms with Gasteiger partial charge in [0.25, 0.3) is 8.32 Å². The molecule has 0 radical (unpaired) electrons. The van der Waals surface area contributed by atoms with Crippen LogP contribution in [0.4, 0.5) is 0 Å². The van der Waals surface area contributed by atoms with Crippen molar-refractivity contribution < 1.29 is 4.43 Å². The van der Waals surface area contributed by atoms with Crippen LogP contribution in [0, 0.1) is 12.3 Å². The molecule has 2 aromatic carbocycles. The lowest BCUT2D eigenvalue weighted by Crippen LogP contribution is -2.60. The molecule has 0 aliphatic heterocycles. The van der Waals surface area contributed by atoms with E-state index in [4.69, 9.17) is 10.8 Å². The highest BCUT2D eigenvalue weighted by atomic mass is 28.4. The third-order valence-electron chi connectivity index (χ3n) is 4.91. The van der Waals surface area contributed by atoms with Crippen molar-refractivity contribution in [3.8, 4) is 12.3 Å². The molecule has 3 nitrogen and oxygen atoms in total. The summed E-state index contributed by atoms with van der Waals surface area (Å²) in [6.07, 6.45) is 7.83. The fourth-order valence-electron chi connectivity index (χ4n) is 3.46. The van der Waals surface area contributed by atoms with Crippen LogP contribution in [0.2, 0.25) is 6.04 Å². The third-order valence-corrected chi connectivity index (χ3v) is 9.13. The highest BCUT2D eigenvalue weighted by Crippen LogP contribution is 2.19. The van der Waals surface area contributed by atoms with E-state index in [-0.39, 0.29) is 0 Å². The molecule has 0 atom stereocenters. The fraction of sp³-hybridized carbons (Fsp3) is 0.261. The molecule has 1 aromatic heterocycles. The fourth-order valence-corrected chi connectivity index (χ4v) is 7.56. The van der Waals surface area contributed by atoms with Gasteiger partial charge in [0.15, 0.2) is 0 Å². The molecule has 3 rings (SSSR count). The van der Waals surface area contributed by atoms with Gasteiger partial charge in [-0.15, -0.1) is 6.42 Å². The Hall–Kier alpha value is -2.61. The summed E-state index contributed by atoms with van der Waals surface area (Å²) in [5.74, 6) is 2.67. The van der Waals surface area contributed by atoms with Crippen LogP contribution in [0.1, 0.15) is 31.2 Å². The van der Waals surface area contributed by atoms with Crippen molar-refractivity contribution in [3.05, 3.63) is 78.1 Å². The van der Waals surface area contributed by atoms with Crippen LogP contribution in [0.25, 0.3) is 0 Å². The van der Waals surface area contributed by atoms with Crippen LogP contribution in [-0.2, 0) is 18.1 Å². The van der Waals surface area contributed by atoms with Crippen LogP contribution in [0.3, 0.4) is 0 Å². The van der Waals surface area contributed by atoms with Crippen molar-refractivity contribution in [2.75, 3.05) is 0 Å². The molecule has 3 aromatic rings. The van der Waals surface area contributed by atoms with Gasteiger partial charge in [-0.3, -0.25) is 4.68 Å². The molecule has 138 valence electrons. The van der Waals surface area contributed by atoms with Gasteiger partial charge in [-0.25, -0.2) is 0 Å². The average molecular weight is 375 g/mol. The molecule has 0 saturated heterocycles. The quantitative estimate of drug-likeness (QED) is 0.446. The molecular formula is C23H26N2OSi. The van der Waals surface area contributed by atoms with Gasteiger partial charge in [0.1, 0.15) is 5.69 Å². The van der Waals surface area contributed by atoms with Crippen molar-refractivity contribution in [3.63, 3.8) is 0 Å². The Labute approximate surface area is 163 Å². The molecule has 0 amide bonds. The monoisotopic (exact) mass is 374 g/mol. The van der Waals surface area contributed by atoms with Crippen molar-refractivity contribution in [1.29, 1.82) is 0 Å². The lowest BCUT2D eigenvalue weighted by molar-refractivity contribution is 0.296. The predicted molar refractivity (Wildman–Crippen MR) is 114 cm³/mol. The van der Waals surface area contributed by atoms with E-state index in [0.717, 1.165) is 30.3 Å². The molecular weight excluding hydrogens is 348 g/mol. The number of benzene rings is 2. The smallest absolute Gasteiger partial charge is 0.256 e. The second-order valence-corrected chi connectivity index (χ2v) is 10.3.